The summed E-state index contributed by atoms with van der Waals surface area (Å²) in [4.78, 5) is 28.1. The van der Waals surface area contributed by atoms with Gasteiger partial charge in [-0.15, -0.1) is 0 Å². The molecule has 3 aromatic carbocycles. The van der Waals surface area contributed by atoms with Crippen molar-refractivity contribution < 1.29 is 28.9 Å². The molecule has 7 nitrogen and oxygen atoms in total. The lowest BCUT2D eigenvalue weighted by molar-refractivity contribution is -0.140. The third kappa shape index (κ3) is 4.82. The normalized spacial score (nSPS) is 16.7. The Kier molecular flexibility index (Phi) is 7.87. The first-order valence-corrected chi connectivity index (χ1v) is 12.1. The van der Waals surface area contributed by atoms with Gasteiger partial charge in [0.25, 0.3) is 11.7 Å². The van der Waals surface area contributed by atoms with E-state index in [1.54, 1.807) is 48.5 Å². The van der Waals surface area contributed by atoms with E-state index < -0.39 is 23.5 Å². The standard InChI is InChI=1S/C27H22Cl3NO6/c1-35-19-7-5-4-6-15(19)13-31-22(14-8-10-16(28)11-9-14)20(24(33)27(31)34)23(32)17-12-18(29)26(37-3)21(30)25(17)36-2/h4-12,22,32H,13H2,1-3H3/b23-20+. The van der Waals surface area contributed by atoms with Crippen LogP contribution in [0, 0.1) is 0 Å². The van der Waals surface area contributed by atoms with Crippen LogP contribution in [0.2, 0.25) is 15.1 Å². The van der Waals surface area contributed by atoms with E-state index in [1.165, 1.54) is 32.3 Å². The number of hydrogen-bond acceptors (Lipinski definition) is 6. The second-order valence-corrected chi connectivity index (χ2v) is 9.30. The van der Waals surface area contributed by atoms with Crippen LogP contribution >= 0.6 is 34.8 Å². The van der Waals surface area contributed by atoms with Gasteiger partial charge in [-0.2, -0.15) is 0 Å². The van der Waals surface area contributed by atoms with Gasteiger partial charge >= 0.3 is 0 Å². The molecule has 0 aliphatic carbocycles. The van der Waals surface area contributed by atoms with Gasteiger partial charge in [0, 0.05) is 10.6 Å². The molecular weight excluding hydrogens is 541 g/mol. The van der Waals surface area contributed by atoms with E-state index in [9.17, 15) is 14.7 Å². The van der Waals surface area contributed by atoms with Gasteiger partial charge in [0.1, 0.15) is 16.5 Å². The highest BCUT2D eigenvalue weighted by Crippen LogP contribution is 2.47. The average molecular weight is 563 g/mol. The first kappa shape index (κ1) is 26.7. The molecule has 1 fully saturated rings. The van der Waals surface area contributed by atoms with Crippen LogP contribution in [-0.4, -0.2) is 43.0 Å². The number of carbonyl (C=O) groups excluding carboxylic acids is 2. The number of hydrogen-bond donors (Lipinski definition) is 1. The smallest absolute Gasteiger partial charge is 0.295 e. The summed E-state index contributed by atoms with van der Waals surface area (Å²) in [6, 6.07) is 14.2. The molecule has 1 N–H and O–H groups in total. The maximum Gasteiger partial charge on any atom is 0.295 e. The van der Waals surface area contributed by atoms with Gasteiger partial charge < -0.3 is 24.2 Å². The minimum Gasteiger partial charge on any atom is -0.507 e. The van der Waals surface area contributed by atoms with Gasteiger partial charge in [-0.3, -0.25) is 9.59 Å². The van der Waals surface area contributed by atoms with Crippen molar-refractivity contribution in [2.45, 2.75) is 12.6 Å². The summed E-state index contributed by atoms with van der Waals surface area (Å²) in [7, 11) is 4.26. The number of nitrogens with zero attached hydrogens (tertiary/aromatic N) is 1. The van der Waals surface area contributed by atoms with E-state index >= 15 is 0 Å². The first-order chi connectivity index (χ1) is 17.7. The summed E-state index contributed by atoms with van der Waals surface area (Å²) in [6.45, 7) is 0.0416. The summed E-state index contributed by atoms with van der Waals surface area (Å²) >= 11 is 18.8. The predicted octanol–water partition coefficient (Wildman–Crippen LogP) is 6.29. The Hall–Kier alpha value is -3.39. The van der Waals surface area contributed by atoms with Crippen molar-refractivity contribution in [3.63, 3.8) is 0 Å². The number of carbonyl (C=O) groups is 2. The van der Waals surface area contributed by atoms with Crippen molar-refractivity contribution in [3.05, 3.63) is 91.9 Å². The molecule has 1 aliphatic heterocycles. The van der Waals surface area contributed by atoms with Gasteiger partial charge in [0.15, 0.2) is 11.5 Å². The van der Waals surface area contributed by atoms with Crippen molar-refractivity contribution >= 4 is 52.3 Å². The van der Waals surface area contributed by atoms with Crippen LogP contribution in [0.25, 0.3) is 5.76 Å². The van der Waals surface area contributed by atoms with Crippen molar-refractivity contribution in [2.75, 3.05) is 21.3 Å². The Morgan fingerprint density at radius 2 is 1.57 bits per heavy atom. The van der Waals surface area contributed by atoms with Crippen molar-refractivity contribution in [1.29, 1.82) is 0 Å². The molecule has 192 valence electrons. The molecule has 4 rings (SSSR count). The molecule has 3 aromatic rings. The number of halogens is 3. The summed E-state index contributed by atoms with van der Waals surface area (Å²) in [5.41, 5.74) is 1.12. The molecule has 37 heavy (non-hydrogen) atoms. The van der Waals surface area contributed by atoms with Crippen molar-refractivity contribution in [3.8, 4) is 17.2 Å². The number of rotatable bonds is 7. The molecule has 0 radical (unpaired) electrons. The Balaban J connectivity index is 1.95. The Morgan fingerprint density at radius 1 is 0.919 bits per heavy atom. The third-order valence-corrected chi connectivity index (χ3v) is 6.93. The first-order valence-electron chi connectivity index (χ1n) is 11.0. The molecule has 1 aliphatic rings. The fraction of sp³-hybridized carbons (Fsp3) is 0.185. The molecule has 10 heteroatoms. The number of amides is 1. The highest BCUT2D eigenvalue weighted by Gasteiger charge is 2.46. The zero-order valence-electron chi connectivity index (χ0n) is 20.1. The molecule has 0 spiro atoms. The van der Waals surface area contributed by atoms with E-state index in [0.29, 0.717) is 21.9 Å². The van der Waals surface area contributed by atoms with Crippen LogP contribution in [0.3, 0.4) is 0 Å². The van der Waals surface area contributed by atoms with E-state index in [0.717, 1.165) is 0 Å². The molecule has 0 saturated carbocycles. The van der Waals surface area contributed by atoms with E-state index in [-0.39, 0.29) is 39.2 Å². The Morgan fingerprint density at radius 3 is 2.19 bits per heavy atom. The van der Waals surface area contributed by atoms with Gasteiger partial charge in [0.2, 0.25) is 0 Å². The second kappa shape index (κ2) is 10.9. The van der Waals surface area contributed by atoms with E-state index in [4.69, 9.17) is 49.0 Å². The zero-order chi connectivity index (χ0) is 26.9. The lowest BCUT2D eigenvalue weighted by Gasteiger charge is -2.26. The number of ether oxygens (including phenoxy) is 3. The highest BCUT2D eigenvalue weighted by molar-refractivity contribution is 6.47. The lowest BCUT2D eigenvalue weighted by Crippen LogP contribution is -2.29. The molecule has 1 saturated heterocycles. The molecule has 1 amide bonds. The lowest BCUT2D eigenvalue weighted by atomic mass is 9.94. The fourth-order valence-corrected chi connectivity index (χ4v) is 5.16. The van der Waals surface area contributed by atoms with Crippen LogP contribution in [0.15, 0.2) is 60.2 Å². The largest absolute Gasteiger partial charge is 0.507 e. The van der Waals surface area contributed by atoms with E-state index in [1.807, 2.05) is 0 Å². The molecule has 1 unspecified atom stereocenters. The average Bonchev–Trinajstić information content (AvgIpc) is 3.14. The third-order valence-electron chi connectivity index (χ3n) is 6.05. The van der Waals surface area contributed by atoms with Crippen LogP contribution in [0.4, 0.5) is 0 Å². The van der Waals surface area contributed by atoms with Gasteiger partial charge in [0.05, 0.1) is 50.1 Å². The quantitative estimate of drug-likeness (QED) is 0.207. The number of methoxy groups -OCH3 is 3. The number of aliphatic hydroxyl groups excluding tert-OH is 1. The summed E-state index contributed by atoms with van der Waals surface area (Å²) < 4.78 is 16.1. The SMILES string of the molecule is COc1ccccc1CN1C(=O)C(=O)/C(=C(/O)c2cc(Cl)c(OC)c(Cl)c2OC)C1c1ccc(Cl)cc1. The maximum atomic E-state index is 13.4. The number of ketones is 1. The molecule has 0 aromatic heterocycles. The van der Waals surface area contributed by atoms with Gasteiger partial charge in [-0.1, -0.05) is 65.1 Å². The second-order valence-electron chi connectivity index (χ2n) is 8.08. The van der Waals surface area contributed by atoms with Gasteiger partial charge in [-0.25, -0.2) is 0 Å². The van der Waals surface area contributed by atoms with E-state index in [2.05, 4.69) is 0 Å². The number of aliphatic hydroxyl groups is 1. The zero-order valence-corrected chi connectivity index (χ0v) is 22.3. The summed E-state index contributed by atoms with van der Waals surface area (Å²) in [5, 5.41) is 12.1. The van der Waals surface area contributed by atoms with Crippen molar-refractivity contribution in [1.82, 2.24) is 4.90 Å². The molecule has 0 bridgehead atoms. The minimum absolute atomic E-state index is 0.00495. The van der Waals surface area contributed by atoms with Crippen LogP contribution < -0.4 is 14.2 Å². The Bertz CT molecular complexity index is 1400. The van der Waals surface area contributed by atoms with Crippen LogP contribution in [0.5, 0.6) is 17.2 Å². The number of benzene rings is 3. The molecule has 1 heterocycles. The van der Waals surface area contributed by atoms with Gasteiger partial charge in [-0.05, 0) is 29.8 Å². The van der Waals surface area contributed by atoms with Crippen LogP contribution in [-0.2, 0) is 16.1 Å². The monoisotopic (exact) mass is 561 g/mol. The highest BCUT2D eigenvalue weighted by atomic mass is 35.5. The number of likely N-dealkylation sites (tertiary alicyclic amines) is 1. The number of Topliss-reactive ketones (excluding diaryl/α,β-unsaturated/α-hetero) is 1. The summed E-state index contributed by atoms with van der Waals surface area (Å²) in [6.07, 6.45) is 0. The molecule has 1 atom stereocenters. The Labute approximate surface area is 228 Å². The minimum atomic E-state index is -0.952. The van der Waals surface area contributed by atoms with Crippen molar-refractivity contribution in [2.24, 2.45) is 0 Å². The van der Waals surface area contributed by atoms with Crippen LogP contribution in [0.1, 0.15) is 22.7 Å². The fourth-order valence-electron chi connectivity index (χ4n) is 4.34. The number of para-hydroxylation sites is 1. The maximum absolute atomic E-state index is 13.4. The molecular formula is C27H22Cl3NO6. The summed E-state index contributed by atoms with van der Waals surface area (Å²) in [5.74, 6) is -1.44. The predicted molar refractivity (Wildman–Crippen MR) is 142 cm³/mol. The topological polar surface area (TPSA) is 85.3 Å².